The van der Waals surface area contributed by atoms with Crippen LogP contribution in [0.15, 0.2) is 41.6 Å². The minimum Gasteiger partial charge on any atom is -0.507 e. The van der Waals surface area contributed by atoms with Crippen LogP contribution in [0.5, 0.6) is 5.75 Å². The van der Waals surface area contributed by atoms with E-state index in [1.165, 1.54) is 42.3 Å². The number of aromatic amines is 1. The smallest absolute Gasteiger partial charge is 0.306 e. The third kappa shape index (κ3) is 4.80. The van der Waals surface area contributed by atoms with E-state index in [1.807, 2.05) is 0 Å². The second-order valence-electron chi connectivity index (χ2n) is 7.17. The number of H-pyrrole nitrogens is 1. The molecule has 2 heterocycles. The van der Waals surface area contributed by atoms with Crippen molar-refractivity contribution in [2.75, 3.05) is 7.11 Å². The molecule has 2 aromatic heterocycles. The van der Waals surface area contributed by atoms with Crippen molar-refractivity contribution >= 4 is 23.3 Å². The van der Waals surface area contributed by atoms with Gasteiger partial charge < -0.3 is 19.4 Å². The fraction of sp³-hybridized carbons (Fsp3) is 0.286. The Kier molecular flexibility index (Phi) is 6.94. The van der Waals surface area contributed by atoms with E-state index in [2.05, 4.69) is 9.97 Å². The molecule has 0 saturated heterocycles. The molecule has 0 fully saturated rings. The molecule has 0 amide bonds. The minimum absolute atomic E-state index is 0.0535. The summed E-state index contributed by atoms with van der Waals surface area (Å²) in [5.41, 5.74) is 0.698. The van der Waals surface area contributed by atoms with E-state index in [1.54, 1.807) is 13.1 Å². The molecule has 1 atom stereocenters. The largest absolute Gasteiger partial charge is 0.507 e. The number of rotatable bonds is 8. The van der Waals surface area contributed by atoms with Crippen LogP contribution < -0.4 is 5.56 Å². The highest BCUT2D eigenvalue weighted by Gasteiger charge is 2.28. The maximum absolute atomic E-state index is 13.4. The van der Waals surface area contributed by atoms with Crippen molar-refractivity contribution < 1.29 is 19.6 Å². The maximum atomic E-state index is 13.4. The molecule has 0 saturated carbocycles. The number of hydrogen-bond acceptors (Lipinski definition) is 7. The molecule has 32 heavy (non-hydrogen) atoms. The molecule has 0 aliphatic carbocycles. The van der Waals surface area contributed by atoms with Gasteiger partial charge in [-0.3, -0.25) is 19.7 Å². The molecule has 0 radical (unpaired) electrons. The molecule has 3 aromatic rings. The highest BCUT2D eigenvalue weighted by molar-refractivity contribution is 6.32. The number of aromatic hydroxyl groups is 1. The second kappa shape index (κ2) is 9.65. The first kappa shape index (κ1) is 23.0. The number of benzene rings is 1. The summed E-state index contributed by atoms with van der Waals surface area (Å²) in [5, 5.41) is 21.9. The maximum Gasteiger partial charge on any atom is 0.306 e. The van der Waals surface area contributed by atoms with Gasteiger partial charge in [-0.15, -0.1) is 0 Å². The van der Waals surface area contributed by atoms with Gasteiger partial charge in [0.25, 0.3) is 11.2 Å². The quantitative estimate of drug-likeness (QED) is 0.299. The fourth-order valence-corrected chi connectivity index (χ4v) is 3.74. The summed E-state index contributed by atoms with van der Waals surface area (Å²) in [6, 6.07) is 5.43. The van der Waals surface area contributed by atoms with Gasteiger partial charge in [-0.1, -0.05) is 17.7 Å². The summed E-state index contributed by atoms with van der Waals surface area (Å²) >= 11 is 5.92. The van der Waals surface area contributed by atoms with Crippen LogP contribution in [0.2, 0.25) is 5.02 Å². The van der Waals surface area contributed by atoms with Crippen molar-refractivity contribution in [1.82, 2.24) is 14.5 Å². The normalized spacial score (nSPS) is 11.8. The van der Waals surface area contributed by atoms with Gasteiger partial charge in [-0.05, 0) is 24.6 Å². The molecule has 0 aliphatic rings. The Morgan fingerprint density at radius 1 is 1.41 bits per heavy atom. The van der Waals surface area contributed by atoms with Gasteiger partial charge in [0.15, 0.2) is 0 Å². The van der Waals surface area contributed by atoms with Crippen LogP contribution in [0.4, 0.5) is 5.69 Å². The average molecular weight is 461 g/mol. The third-order valence-electron chi connectivity index (χ3n) is 5.20. The monoisotopic (exact) mass is 460 g/mol. The molecule has 0 aliphatic heterocycles. The number of nitro benzene ring substituents is 1. The number of carbonyl (C=O) groups is 1. The van der Waals surface area contributed by atoms with E-state index < -0.39 is 22.4 Å². The summed E-state index contributed by atoms with van der Waals surface area (Å²) < 4.78 is 6.23. The molecule has 0 spiro atoms. The molecule has 1 unspecified atom stereocenters. The summed E-state index contributed by atoms with van der Waals surface area (Å²) in [6.45, 7) is 1.98. The first-order valence-electron chi connectivity index (χ1n) is 9.64. The van der Waals surface area contributed by atoms with E-state index >= 15 is 0 Å². The van der Waals surface area contributed by atoms with Crippen molar-refractivity contribution in [3.63, 3.8) is 0 Å². The molecule has 11 heteroatoms. The standard InChI is InChI=1S/C21H21ClN4O6/c1-12-7-18(27)20(21(29)25(12)6-5-14-10-23-11-24-14)15(9-19(28)32-2)13-3-4-16(22)17(8-13)26(30)31/h3-4,7-8,10-11,15,27H,5-6,9H2,1-2H3,(H,23,24). The fourth-order valence-electron chi connectivity index (χ4n) is 3.55. The zero-order valence-corrected chi connectivity index (χ0v) is 18.1. The number of pyridine rings is 1. The highest BCUT2D eigenvalue weighted by Crippen LogP contribution is 2.36. The van der Waals surface area contributed by atoms with Gasteiger partial charge in [0.2, 0.25) is 0 Å². The molecule has 2 N–H and O–H groups in total. The van der Waals surface area contributed by atoms with Gasteiger partial charge in [0.1, 0.15) is 10.8 Å². The number of nitrogens with one attached hydrogen (secondary N) is 1. The van der Waals surface area contributed by atoms with Gasteiger partial charge >= 0.3 is 5.97 Å². The number of halogens is 1. The lowest BCUT2D eigenvalue weighted by Crippen LogP contribution is -2.29. The number of esters is 1. The lowest BCUT2D eigenvalue weighted by atomic mass is 9.88. The first-order valence-corrected chi connectivity index (χ1v) is 10.0. The summed E-state index contributed by atoms with van der Waals surface area (Å²) in [7, 11) is 1.20. The van der Waals surface area contributed by atoms with Crippen LogP contribution >= 0.6 is 11.6 Å². The average Bonchev–Trinajstić information content (AvgIpc) is 3.26. The van der Waals surface area contributed by atoms with E-state index in [0.29, 0.717) is 18.7 Å². The Labute approximate surface area is 187 Å². The third-order valence-corrected chi connectivity index (χ3v) is 5.52. The minimum atomic E-state index is -0.982. The number of hydrogen-bond donors (Lipinski definition) is 2. The Hall–Kier alpha value is -3.66. The predicted octanol–water partition coefficient (Wildman–Crippen LogP) is 3.08. The van der Waals surface area contributed by atoms with Crippen molar-refractivity contribution in [3.05, 3.63) is 84.8 Å². The number of carbonyl (C=O) groups excluding carboxylic acids is 1. The van der Waals surface area contributed by atoms with E-state index in [0.717, 1.165) is 5.69 Å². The first-order chi connectivity index (χ1) is 15.2. The van der Waals surface area contributed by atoms with Gasteiger partial charge in [-0.2, -0.15) is 0 Å². The van der Waals surface area contributed by atoms with Crippen molar-refractivity contribution in [3.8, 4) is 5.75 Å². The predicted molar refractivity (Wildman–Crippen MR) is 116 cm³/mol. The van der Waals surface area contributed by atoms with Crippen molar-refractivity contribution in [1.29, 1.82) is 0 Å². The second-order valence-corrected chi connectivity index (χ2v) is 7.58. The van der Waals surface area contributed by atoms with Crippen LogP contribution in [0.3, 0.4) is 0 Å². The Balaban J connectivity index is 2.13. The number of aryl methyl sites for hydroxylation is 2. The van der Waals surface area contributed by atoms with Crippen molar-refractivity contribution in [2.24, 2.45) is 0 Å². The van der Waals surface area contributed by atoms with E-state index in [-0.39, 0.29) is 34.0 Å². The summed E-state index contributed by atoms with van der Waals surface area (Å²) in [5.74, 6) is -1.93. The highest BCUT2D eigenvalue weighted by atomic mass is 35.5. The topological polar surface area (TPSA) is 140 Å². The summed E-state index contributed by atoms with van der Waals surface area (Å²) in [6.07, 6.45) is 3.36. The zero-order valence-electron chi connectivity index (χ0n) is 17.4. The molecule has 1 aromatic carbocycles. The number of nitro groups is 1. The number of imidazole rings is 1. The molecular weight excluding hydrogens is 440 g/mol. The Morgan fingerprint density at radius 2 is 2.16 bits per heavy atom. The van der Waals surface area contributed by atoms with E-state index in [9.17, 15) is 24.8 Å². The van der Waals surface area contributed by atoms with Gasteiger partial charge in [0, 0.05) is 42.5 Å². The Bertz CT molecular complexity index is 1210. The van der Waals surface area contributed by atoms with Crippen molar-refractivity contribution in [2.45, 2.75) is 32.2 Å². The van der Waals surface area contributed by atoms with Crippen LogP contribution in [0, 0.1) is 17.0 Å². The number of ether oxygens (including phenoxy) is 1. The van der Waals surface area contributed by atoms with Gasteiger partial charge in [-0.25, -0.2) is 4.98 Å². The Morgan fingerprint density at radius 3 is 2.78 bits per heavy atom. The summed E-state index contributed by atoms with van der Waals surface area (Å²) in [4.78, 5) is 43.1. The molecule has 168 valence electrons. The zero-order chi connectivity index (χ0) is 23.4. The van der Waals surface area contributed by atoms with Crippen LogP contribution in [-0.2, 0) is 22.5 Å². The van der Waals surface area contributed by atoms with Gasteiger partial charge in [0.05, 0.1) is 30.3 Å². The SMILES string of the molecule is COC(=O)CC(c1ccc(Cl)c([N+](=O)[O-])c1)c1c(O)cc(C)n(CCc2cnc[nH]2)c1=O. The molecule has 3 rings (SSSR count). The number of methoxy groups -OCH3 is 1. The van der Waals surface area contributed by atoms with E-state index in [4.69, 9.17) is 16.3 Å². The lowest BCUT2D eigenvalue weighted by Gasteiger charge is -2.20. The van der Waals surface area contributed by atoms with Crippen LogP contribution in [-0.4, -0.2) is 37.6 Å². The van der Waals surface area contributed by atoms with Crippen LogP contribution in [0.1, 0.15) is 34.9 Å². The molecule has 10 nitrogen and oxygen atoms in total. The molecule has 0 bridgehead atoms. The number of nitrogens with zero attached hydrogens (tertiary/aromatic N) is 3. The lowest BCUT2D eigenvalue weighted by molar-refractivity contribution is -0.384. The molecular formula is C21H21ClN4O6. The van der Waals surface area contributed by atoms with Crippen LogP contribution in [0.25, 0.3) is 0 Å². The number of aromatic nitrogens is 3.